The summed E-state index contributed by atoms with van der Waals surface area (Å²) in [6, 6.07) is 5.39. The van der Waals surface area contributed by atoms with E-state index >= 15 is 0 Å². The van der Waals surface area contributed by atoms with Crippen LogP contribution in [0.4, 0.5) is 4.79 Å². The van der Waals surface area contributed by atoms with Gasteiger partial charge in [0, 0.05) is 20.1 Å². The van der Waals surface area contributed by atoms with Gasteiger partial charge in [-0.1, -0.05) is 11.3 Å². The van der Waals surface area contributed by atoms with Crippen LogP contribution >= 0.6 is 0 Å². The lowest BCUT2D eigenvalue weighted by molar-refractivity contribution is -0.125. The van der Waals surface area contributed by atoms with Crippen LogP contribution in [0.3, 0.4) is 0 Å². The highest BCUT2D eigenvalue weighted by molar-refractivity contribution is 5.86. The van der Waals surface area contributed by atoms with Crippen molar-refractivity contribution in [2.45, 2.75) is 90.3 Å². The Morgan fingerprint density at radius 2 is 1.89 bits per heavy atom. The van der Waals surface area contributed by atoms with Gasteiger partial charge in [0.2, 0.25) is 5.91 Å². The van der Waals surface area contributed by atoms with Crippen molar-refractivity contribution in [2.24, 2.45) is 24.3 Å². The Bertz CT molecular complexity index is 1090. The molecule has 2 aliphatic carbocycles. The second kappa shape index (κ2) is 9.10. The number of benzene rings is 1. The van der Waals surface area contributed by atoms with Gasteiger partial charge in [-0.3, -0.25) is 9.69 Å². The third-order valence-corrected chi connectivity index (χ3v) is 8.25. The normalized spacial score (nSPS) is 24.2. The van der Waals surface area contributed by atoms with Crippen LogP contribution in [-0.2, 0) is 23.1 Å². The van der Waals surface area contributed by atoms with E-state index in [0.717, 1.165) is 23.0 Å². The maximum absolute atomic E-state index is 13.3. The molecule has 0 unspecified atom stereocenters. The Balaban J connectivity index is 1.23. The van der Waals surface area contributed by atoms with Gasteiger partial charge in [-0.15, -0.1) is 5.10 Å². The molecule has 1 aliphatic heterocycles. The predicted octanol–water partition coefficient (Wildman–Crippen LogP) is 4.57. The summed E-state index contributed by atoms with van der Waals surface area (Å²) in [5.41, 5.74) is 2.80. The molecule has 1 aromatic heterocycles. The number of ether oxygens (including phenoxy) is 1. The minimum atomic E-state index is -0.593. The third-order valence-electron chi connectivity index (χ3n) is 8.25. The number of hydrogen-bond donors (Lipinski definition) is 1. The standard InChI is InChI=1S/C27H39N5O3/c1-26(2,3)35-25(34)32-17-20(13-18-7-9-27(10-8-18)11-12-27)15-23(32)24(33)28-16-19-5-6-22-21(14-19)29-30-31(22)4/h5-6,14,18,20,23H,7-13,15-17H2,1-4H3,(H,28,33)/t20-,23+/m1/s1. The number of carbonyl (C=O) groups excluding carboxylic acids is 2. The summed E-state index contributed by atoms with van der Waals surface area (Å²) in [5, 5.41) is 11.3. The number of rotatable bonds is 5. The molecular formula is C27H39N5O3. The predicted molar refractivity (Wildman–Crippen MR) is 133 cm³/mol. The Morgan fingerprint density at radius 3 is 2.57 bits per heavy atom. The summed E-state index contributed by atoms with van der Waals surface area (Å²) >= 11 is 0. The zero-order valence-electron chi connectivity index (χ0n) is 21.5. The number of aryl methyl sites for hydroxylation is 1. The largest absolute Gasteiger partial charge is 0.444 e. The smallest absolute Gasteiger partial charge is 0.410 e. The van der Waals surface area contributed by atoms with E-state index in [1.807, 2.05) is 46.0 Å². The molecule has 8 heteroatoms. The second-order valence-electron chi connectivity index (χ2n) is 12.2. The first-order valence-corrected chi connectivity index (χ1v) is 13.2. The Labute approximate surface area is 207 Å². The maximum Gasteiger partial charge on any atom is 0.410 e. The SMILES string of the molecule is Cn1nnc2cc(CNC(=O)[C@@H]3C[C@@H](CC4CCC5(CC4)CC5)CN3C(=O)OC(C)(C)C)ccc21. The van der Waals surface area contributed by atoms with Crippen LogP contribution < -0.4 is 5.32 Å². The Kier molecular flexibility index (Phi) is 6.26. The number of likely N-dealkylation sites (tertiary alicyclic amines) is 1. The molecular weight excluding hydrogens is 442 g/mol. The van der Waals surface area contributed by atoms with Crippen LogP contribution in [0.2, 0.25) is 0 Å². The van der Waals surface area contributed by atoms with E-state index in [1.54, 1.807) is 9.58 Å². The number of carbonyl (C=O) groups is 2. The van der Waals surface area contributed by atoms with Gasteiger partial charge in [-0.25, -0.2) is 9.48 Å². The first-order chi connectivity index (χ1) is 16.6. The molecule has 2 atom stereocenters. The summed E-state index contributed by atoms with van der Waals surface area (Å²) < 4.78 is 7.41. The maximum atomic E-state index is 13.3. The molecule has 2 amide bonds. The van der Waals surface area contributed by atoms with Crippen LogP contribution in [0.15, 0.2) is 18.2 Å². The molecule has 2 saturated carbocycles. The van der Waals surface area contributed by atoms with Gasteiger partial charge >= 0.3 is 6.09 Å². The van der Waals surface area contributed by atoms with Gasteiger partial charge in [-0.05, 0) is 107 Å². The summed E-state index contributed by atoms with van der Waals surface area (Å²) in [4.78, 5) is 28.0. The zero-order chi connectivity index (χ0) is 24.8. The van der Waals surface area contributed by atoms with E-state index in [2.05, 4.69) is 15.6 Å². The van der Waals surface area contributed by atoms with Gasteiger partial charge in [0.1, 0.15) is 17.2 Å². The molecule has 0 radical (unpaired) electrons. The molecule has 3 aliphatic rings. The molecule has 5 rings (SSSR count). The van der Waals surface area contributed by atoms with Crippen LogP contribution in [0.1, 0.15) is 77.7 Å². The number of aromatic nitrogens is 3. The molecule has 1 N–H and O–H groups in total. The van der Waals surface area contributed by atoms with Crippen LogP contribution in [0.25, 0.3) is 11.0 Å². The summed E-state index contributed by atoms with van der Waals surface area (Å²) in [6.07, 6.45) is 9.57. The highest BCUT2D eigenvalue weighted by Crippen LogP contribution is 2.57. The fourth-order valence-corrected chi connectivity index (χ4v) is 6.04. The van der Waals surface area contributed by atoms with Crippen LogP contribution in [0.5, 0.6) is 0 Å². The topological polar surface area (TPSA) is 89.4 Å². The number of fused-ring (bicyclic) bond motifs is 1. The number of hydrogen-bond acceptors (Lipinski definition) is 5. The third kappa shape index (κ3) is 5.46. The Morgan fingerprint density at radius 1 is 1.14 bits per heavy atom. The average Bonchev–Trinajstić information content (AvgIpc) is 3.25. The average molecular weight is 482 g/mol. The number of amides is 2. The first kappa shape index (κ1) is 24.1. The summed E-state index contributed by atoms with van der Waals surface area (Å²) in [7, 11) is 1.86. The minimum Gasteiger partial charge on any atom is -0.444 e. The van der Waals surface area contributed by atoms with Gasteiger partial charge in [0.25, 0.3) is 0 Å². The molecule has 35 heavy (non-hydrogen) atoms. The molecule has 190 valence electrons. The number of nitrogens with zero attached hydrogens (tertiary/aromatic N) is 4. The molecule has 2 aromatic rings. The van der Waals surface area contributed by atoms with E-state index in [-0.39, 0.29) is 12.0 Å². The molecule has 3 fully saturated rings. The van der Waals surface area contributed by atoms with Crippen molar-refractivity contribution < 1.29 is 14.3 Å². The van der Waals surface area contributed by atoms with Crippen LogP contribution in [-0.4, -0.2) is 50.1 Å². The van der Waals surface area contributed by atoms with Gasteiger partial charge in [-0.2, -0.15) is 0 Å². The van der Waals surface area contributed by atoms with Crippen molar-refractivity contribution in [1.82, 2.24) is 25.2 Å². The zero-order valence-corrected chi connectivity index (χ0v) is 21.5. The molecule has 1 spiro atoms. The van der Waals surface area contributed by atoms with Crippen molar-refractivity contribution >= 4 is 23.0 Å². The van der Waals surface area contributed by atoms with Crippen molar-refractivity contribution in [3.8, 4) is 0 Å². The lowest BCUT2D eigenvalue weighted by atomic mass is 9.76. The molecule has 0 bridgehead atoms. The van der Waals surface area contributed by atoms with Gasteiger partial charge < -0.3 is 10.1 Å². The molecule has 1 aromatic carbocycles. The fourth-order valence-electron chi connectivity index (χ4n) is 6.04. The van der Waals surface area contributed by atoms with Crippen LogP contribution in [0, 0.1) is 17.3 Å². The van der Waals surface area contributed by atoms with Gasteiger partial charge in [0.15, 0.2) is 0 Å². The summed E-state index contributed by atoms with van der Waals surface area (Å²) in [6.45, 7) is 6.59. The fraction of sp³-hybridized carbons (Fsp3) is 0.704. The number of nitrogens with one attached hydrogen (secondary N) is 1. The van der Waals surface area contributed by atoms with Crippen molar-refractivity contribution in [1.29, 1.82) is 0 Å². The van der Waals surface area contributed by atoms with Crippen molar-refractivity contribution in [3.05, 3.63) is 23.8 Å². The van der Waals surface area contributed by atoms with E-state index < -0.39 is 11.6 Å². The summed E-state index contributed by atoms with van der Waals surface area (Å²) in [5.74, 6) is 0.942. The van der Waals surface area contributed by atoms with Crippen molar-refractivity contribution in [2.75, 3.05) is 6.54 Å². The molecule has 2 heterocycles. The Hall–Kier alpha value is -2.64. The molecule has 1 saturated heterocycles. The first-order valence-electron chi connectivity index (χ1n) is 13.2. The highest BCUT2D eigenvalue weighted by atomic mass is 16.6. The lowest BCUT2D eigenvalue weighted by Gasteiger charge is -2.30. The van der Waals surface area contributed by atoms with Gasteiger partial charge in [0.05, 0.1) is 5.52 Å². The van der Waals surface area contributed by atoms with E-state index in [0.29, 0.717) is 36.8 Å². The highest BCUT2D eigenvalue weighted by Gasteiger charge is 2.46. The molecule has 8 nitrogen and oxygen atoms in total. The minimum absolute atomic E-state index is 0.113. The second-order valence-corrected chi connectivity index (χ2v) is 12.2. The van der Waals surface area contributed by atoms with Crippen molar-refractivity contribution in [3.63, 3.8) is 0 Å². The lowest BCUT2D eigenvalue weighted by Crippen LogP contribution is -2.47. The van der Waals surface area contributed by atoms with E-state index in [9.17, 15) is 9.59 Å². The quantitative estimate of drug-likeness (QED) is 0.676. The monoisotopic (exact) mass is 481 g/mol. The van der Waals surface area contributed by atoms with E-state index in [1.165, 1.54) is 38.5 Å². The van der Waals surface area contributed by atoms with E-state index in [4.69, 9.17) is 4.74 Å².